The van der Waals surface area contributed by atoms with Gasteiger partial charge in [-0.15, -0.1) is 0 Å². The first-order chi connectivity index (χ1) is 15.6. The summed E-state index contributed by atoms with van der Waals surface area (Å²) in [6.45, 7) is 1.75. The molecular weight excluding hydrogens is 466 g/mol. The van der Waals surface area contributed by atoms with Gasteiger partial charge in [0.15, 0.2) is 0 Å². The minimum atomic E-state index is -4.60. The lowest BCUT2D eigenvalue weighted by atomic mass is 10.0. The summed E-state index contributed by atoms with van der Waals surface area (Å²) in [5.74, 6) is 0.252. The zero-order valence-corrected chi connectivity index (χ0v) is 18.9. The summed E-state index contributed by atoms with van der Waals surface area (Å²) >= 11 is 0. The fourth-order valence-corrected chi connectivity index (χ4v) is 5.08. The summed E-state index contributed by atoms with van der Waals surface area (Å²) in [7, 11) is -9.06. The van der Waals surface area contributed by atoms with Gasteiger partial charge in [-0.25, -0.2) is 0 Å². The topological polar surface area (TPSA) is 130 Å². The first kappa shape index (κ1) is 23.1. The fraction of sp³-hybridized carbons (Fsp3) is 0.130. The van der Waals surface area contributed by atoms with E-state index in [1.165, 1.54) is 48.0 Å². The van der Waals surface area contributed by atoms with Crippen molar-refractivity contribution in [1.82, 2.24) is 5.32 Å². The number of benzene rings is 3. The fourth-order valence-electron chi connectivity index (χ4n) is 3.70. The molecule has 0 spiro atoms. The monoisotopic (exact) mass is 487 g/mol. The SMILES string of the molecule is O=S(=O)(O)c1ccccc1C=Cc1ccc(OCc2cccc3c2CNC3)cc1S(=O)(=O)O. The molecular formula is C23H21NO7S2. The smallest absolute Gasteiger partial charge is 0.295 e. The van der Waals surface area contributed by atoms with Crippen LogP contribution in [0.2, 0.25) is 0 Å². The van der Waals surface area contributed by atoms with Crippen LogP contribution in [0.1, 0.15) is 27.8 Å². The third-order valence-electron chi connectivity index (χ3n) is 5.28. The Hall–Kier alpha value is -3.02. The van der Waals surface area contributed by atoms with Gasteiger partial charge in [0.25, 0.3) is 20.2 Å². The molecule has 0 bridgehead atoms. The van der Waals surface area contributed by atoms with Crippen LogP contribution in [-0.4, -0.2) is 25.9 Å². The summed E-state index contributed by atoms with van der Waals surface area (Å²) in [5.41, 5.74) is 3.62. The van der Waals surface area contributed by atoms with Crippen LogP contribution in [0.3, 0.4) is 0 Å². The Morgan fingerprint density at radius 1 is 0.818 bits per heavy atom. The van der Waals surface area contributed by atoms with Crippen molar-refractivity contribution in [2.24, 2.45) is 0 Å². The predicted octanol–water partition coefficient (Wildman–Crippen LogP) is 3.53. The van der Waals surface area contributed by atoms with E-state index in [1.807, 2.05) is 18.2 Å². The van der Waals surface area contributed by atoms with E-state index in [2.05, 4.69) is 5.32 Å². The van der Waals surface area contributed by atoms with E-state index < -0.39 is 20.2 Å². The van der Waals surface area contributed by atoms with Crippen LogP contribution >= 0.6 is 0 Å². The molecule has 10 heteroatoms. The average molecular weight is 488 g/mol. The van der Waals surface area contributed by atoms with Crippen molar-refractivity contribution < 1.29 is 30.7 Å². The van der Waals surface area contributed by atoms with Gasteiger partial charge in [-0.1, -0.05) is 48.6 Å². The number of fused-ring (bicyclic) bond motifs is 1. The molecule has 0 unspecified atom stereocenters. The molecule has 1 aliphatic rings. The highest BCUT2D eigenvalue weighted by Crippen LogP contribution is 2.27. The molecule has 3 aromatic rings. The summed E-state index contributed by atoms with van der Waals surface area (Å²) < 4.78 is 72.0. The Bertz CT molecular complexity index is 1450. The van der Waals surface area contributed by atoms with Crippen LogP contribution in [0.25, 0.3) is 12.2 Å². The van der Waals surface area contributed by atoms with Crippen molar-refractivity contribution in [3.8, 4) is 5.75 Å². The van der Waals surface area contributed by atoms with E-state index in [9.17, 15) is 25.9 Å². The largest absolute Gasteiger partial charge is 0.489 e. The van der Waals surface area contributed by atoms with Gasteiger partial charge in [0.1, 0.15) is 22.1 Å². The zero-order chi connectivity index (χ0) is 23.6. The maximum Gasteiger partial charge on any atom is 0.295 e. The van der Waals surface area contributed by atoms with E-state index in [0.717, 1.165) is 24.2 Å². The number of hydrogen-bond acceptors (Lipinski definition) is 6. The first-order valence-electron chi connectivity index (χ1n) is 9.92. The Morgan fingerprint density at radius 3 is 2.24 bits per heavy atom. The molecule has 1 aliphatic heterocycles. The van der Waals surface area contributed by atoms with Gasteiger partial charge in [0.05, 0.1) is 0 Å². The van der Waals surface area contributed by atoms with Gasteiger partial charge < -0.3 is 10.1 Å². The summed E-state index contributed by atoms with van der Waals surface area (Å²) in [6, 6.07) is 15.8. The van der Waals surface area contributed by atoms with Gasteiger partial charge >= 0.3 is 0 Å². The second kappa shape index (κ2) is 9.08. The summed E-state index contributed by atoms with van der Waals surface area (Å²) in [4.78, 5) is -0.708. The highest BCUT2D eigenvalue weighted by molar-refractivity contribution is 7.86. The van der Waals surface area contributed by atoms with Gasteiger partial charge in [-0.2, -0.15) is 16.8 Å². The first-order valence-corrected chi connectivity index (χ1v) is 12.8. The molecule has 0 radical (unpaired) electrons. The Morgan fingerprint density at radius 2 is 1.52 bits per heavy atom. The van der Waals surface area contributed by atoms with Crippen LogP contribution in [0.15, 0.2) is 70.5 Å². The molecule has 0 amide bonds. The van der Waals surface area contributed by atoms with Crippen LogP contribution in [-0.2, 0) is 39.9 Å². The summed E-state index contributed by atoms with van der Waals surface area (Å²) in [5, 5.41) is 3.27. The lowest BCUT2D eigenvalue weighted by molar-refractivity contribution is 0.304. The molecule has 3 aromatic carbocycles. The Kier molecular flexibility index (Phi) is 6.37. The molecule has 0 aromatic heterocycles. The number of hydrogen-bond donors (Lipinski definition) is 3. The maximum atomic E-state index is 12.0. The van der Waals surface area contributed by atoms with E-state index >= 15 is 0 Å². The van der Waals surface area contributed by atoms with Crippen LogP contribution < -0.4 is 10.1 Å². The molecule has 33 heavy (non-hydrogen) atoms. The molecule has 0 saturated heterocycles. The molecule has 8 nitrogen and oxygen atoms in total. The molecule has 4 rings (SSSR count). The molecule has 0 fully saturated rings. The molecule has 172 valence electrons. The van der Waals surface area contributed by atoms with Crippen LogP contribution in [0, 0.1) is 0 Å². The molecule has 0 aliphatic carbocycles. The molecule has 0 saturated carbocycles. The lowest BCUT2D eigenvalue weighted by Gasteiger charge is -2.12. The quantitative estimate of drug-likeness (QED) is 0.341. The van der Waals surface area contributed by atoms with Crippen molar-refractivity contribution in [3.05, 3.63) is 88.5 Å². The van der Waals surface area contributed by atoms with Crippen molar-refractivity contribution in [1.29, 1.82) is 0 Å². The second-order valence-corrected chi connectivity index (χ2v) is 10.2. The second-order valence-electron chi connectivity index (χ2n) is 7.47. The van der Waals surface area contributed by atoms with E-state index in [4.69, 9.17) is 4.74 Å². The van der Waals surface area contributed by atoms with Crippen molar-refractivity contribution in [2.45, 2.75) is 29.5 Å². The number of nitrogens with one attached hydrogen (secondary N) is 1. The van der Waals surface area contributed by atoms with Gasteiger partial charge in [0.2, 0.25) is 0 Å². The van der Waals surface area contributed by atoms with Gasteiger partial charge in [-0.3, -0.25) is 9.11 Å². The van der Waals surface area contributed by atoms with Crippen molar-refractivity contribution >= 4 is 32.4 Å². The van der Waals surface area contributed by atoms with Crippen LogP contribution in [0.4, 0.5) is 0 Å². The highest BCUT2D eigenvalue weighted by atomic mass is 32.2. The van der Waals surface area contributed by atoms with Crippen molar-refractivity contribution in [3.63, 3.8) is 0 Å². The number of rotatable bonds is 7. The number of ether oxygens (including phenoxy) is 1. The zero-order valence-electron chi connectivity index (χ0n) is 17.3. The highest BCUT2D eigenvalue weighted by Gasteiger charge is 2.18. The van der Waals surface area contributed by atoms with E-state index in [1.54, 1.807) is 12.1 Å². The van der Waals surface area contributed by atoms with Gasteiger partial charge in [-0.05, 0) is 46.0 Å². The Labute approximate surface area is 192 Å². The minimum Gasteiger partial charge on any atom is -0.489 e. The molecule has 3 N–H and O–H groups in total. The van der Waals surface area contributed by atoms with Crippen molar-refractivity contribution in [2.75, 3.05) is 0 Å². The maximum absolute atomic E-state index is 12.0. The third-order valence-corrected chi connectivity index (χ3v) is 7.12. The van der Waals surface area contributed by atoms with Gasteiger partial charge in [0, 0.05) is 19.2 Å². The van der Waals surface area contributed by atoms with E-state index in [0.29, 0.717) is 0 Å². The predicted molar refractivity (Wildman–Crippen MR) is 123 cm³/mol. The Balaban J connectivity index is 1.62. The molecule has 1 heterocycles. The van der Waals surface area contributed by atoms with Crippen LogP contribution in [0.5, 0.6) is 5.75 Å². The lowest BCUT2D eigenvalue weighted by Crippen LogP contribution is -2.05. The molecule has 0 atom stereocenters. The standard InChI is InChI=1S/C23H21NO7S2/c25-32(26,27)22-7-2-1-4-16(22)8-9-17-10-11-20(12-23(17)33(28,29)30)31-15-19-6-3-5-18-13-24-14-21(18)19/h1-12,24H,13-15H2,(H,25,26,27)(H,28,29,30). The normalized spacial score (nSPS) is 13.9. The summed E-state index contributed by atoms with van der Waals surface area (Å²) in [6.07, 6.45) is 2.68. The third kappa shape index (κ3) is 5.32. The average Bonchev–Trinajstić information content (AvgIpc) is 3.25. The van der Waals surface area contributed by atoms with E-state index in [-0.39, 0.29) is 33.3 Å². The minimum absolute atomic E-state index is 0.125.